The zero-order valence-electron chi connectivity index (χ0n) is 14.4. The molecule has 2 fully saturated rings. The number of carbonyl (C=O) groups is 2. The Morgan fingerprint density at radius 1 is 0.679 bits per heavy atom. The summed E-state index contributed by atoms with van der Waals surface area (Å²) < 4.78 is 52.6. The van der Waals surface area contributed by atoms with Crippen LogP contribution in [0.3, 0.4) is 0 Å². The van der Waals surface area contributed by atoms with Crippen molar-refractivity contribution in [3.63, 3.8) is 0 Å². The molecule has 0 saturated heterocycles. The molecule has 148 valence electrons. The first-order valence-corrected chi connectivity index (χ1v) is 8.55. The van der Waals surface area contributed by atoms with Crippen molar-refractivity contribution < 1.29 is 37.4 Å². The number of aliphatic carboxylic acids is 2. The normalized spacial score (nSPS) is 24.7. The highest BCUT2D eigenvalue weighted by Crippen LogP contribution is 2.49. The van der Waals surface area contributed by atoms with Crippen LogP contribution in [0.15, 0.2) is 36.4 Å². The van der Waals surface area contributed by atoms with Crippen molar-refractivity contribution in [1.82, 2.24) is 0 Å². The fourth-order valence-corrected chi connectivity index (χ4v) is 3.30. The van der Waals surface area contributed by atoms with E-state index in [0.717, 1.165) is 24.3 Å². The first-order valence-electron chi connectivity index (χ1n) is 8.55. The van der Waals surface area contributed by atoms with Gasteiger partial charge in [-0.2, -0.15) is 0 Å². The summed E-state index contributed by atoms with van der Waals surface area (Å²) in [4.78, 5) is 21.0. The summed E-state index contributed by atoms with van der Waals surface area (Å²) in [6, 6.07) is 7.13. The first-order chi connectivity index (χ1) is 13.2. The molecule has 2 saturated carbocycles. The Balaban J connectivity index is 0.000000161. The van der Waals surface area contributed by atoms with Crippen LogP contribution in [-0.4, -0.2) is 22.2 Å². The molecule has 0 bridgehead atoms. The summed E-state index contributed by atoms with van der Waals surface area (Å²) >= 11 is 0. The summed E-state index contributed by atoms with van der Waals surface area (Å²) in [5.41, 5.74) is -0.167. The number of hydrogen-bond acceptors (Lipinski definition) is 2. The van der Waals surface area contributed by atoms with E-state index in [-0.39, 0.29) is 11.1 Å². The van der Waals surface area contributed by atoms with Gasteiger partial charge in [-0.25, -0.2) is 17.6 Å². The predicted octanol–water partition coefficient (Wildman–Crippen LogP) is 4.31. The summed E-state index contributed by atoms with van der Waals surface area (Å²) in [7, 11) is 0. The van der Waals surface area contributed by atoms with Crippen molar-refractivity contribution >= 4 is 11.9 Å². The van der Waals surface area contributed by atoms with Crippen molar-refractivity contribution in [2.24, 2.45) is 11.8 Å². The minimum Gasteiger partial charge on any atom is -0.481 e. The molecule has 4 unspecified atom stereocenters. The molecule has 0 radical (unpaired) electrons. The van der Waals surface area contributed by atoms with Crippen LogP contribution in [0.4, 0.5) is 17.6 Å². The number of halogens is 4. The van der Waals surface area contributed by atoms with Gasteiger partial charge in [0.2, 0.25) is 0 Å². The maximum atomic E-state index is 13.1. The largest absolute Gasteiger partial charge is 0.481 e. The molecule has 4 atom stereocenters. The van der Waals surface area contributed by atoms with E-state index in [0.29, 0.717) is 12.8 Å². The van der Waals surface area contributed by atoms with Crippen molar-refractivity contribution in [1.29, 1.82) is 0 Å². The Hall–Kier alpha value is -2.90. The van der Waals surface area contributed by atoms with Gasteiger partial charge < -0.3 is 10.2 Å². The zero-order chi connectivity index (χ0) is 20.6. The molecule has 0 aliphatic heterocycles. The van der Waals surface area contributed by atoms with Crippen LogP contribution < -0.4 is 0 Å². The van der Waals surface area contributed by atoms with Crippen molar-refractivity contribution in [3.05, 3.63) is 70.8 Å². The van der Waals surface area contributed by atoms with Gasteiger partial charge in [-0.3, -0.25) is 9.59 Å². The maximum absolute atomic E-state index is 13.1. The van der Waals surface area contributed by atoms with Gasteiger partial charge in [0.05, 0.1) is 11.8 Å². The molecular weight excluding hydrogens is 380 g/mol. The third-order valence-corrected chi connectivity index (χ3v) is 4.96. The van der Waals surface area contributed by atoms with Crippen LogP contribution in [-0.2, 0) is 9.59 Å². The predicted molar refractivity (Wildman–Crippen MR) is 89.7 cm³/mol. The Morgan fingerprint density at radius 3 is 1.18 bits per heavy atom. The molecule has 2 aliphatic carbocycles. The molecule has 0 amide bonds. The Labute approximate surface area is 157 Å². The molecular formula is C20H16F4O4. The second kappa shape index (κ2) is 7.61. The van der Waals surface area contributed by atoms with Crippen LogP contribution in [0.5, 0.6) is 0 Å². The third kappa shape index (κ3) is 4.00. The Morgan fingerprint density at radius 2 is 0.964 bits per heavy atom. The van der Waals surface area contributed by atoms with Crippen molar-refractivity contribution in [2.45, 2.75) is 24.7 Å². The molecule has 2 aromatic carbocycles. The minimum atomic E-state index is -0.988. The van der Waals surface area contributed by atoms with Crippen LogP contribution in [0, 0.1) is 35.1 Å². The molecule has 2 aliphatic rings. The van der Waals surface area contributed by atoms with Crippen molar-refractivity contribution in [2.75, 3.05) is 0 Å². The summed E-state index contributed by atoms with van der Waals surface area (Å²) in [5, 5.41) is 17.2. The van der Waals surface area contributed by atoms with E-state index in [4.69, 9.17) is 10.2 Å². The number of carboxylic acids is 2. The van der Waals surface area contributed by atoms with Gasteiger partial charge in [-0.1, -0.05) is 12.1 Å². The summed E-state index contributed by atoms with van der Waals surface area (Å²) in [6.07, 6.45) is 0.653. The Bertz CT molecular complexity index is 814. The number of benzene rings is 2. The lowest BCUT2D eigenvalue weighted by Crippen LogP contribution is -2.01. The van der Waals surface area contributed by atoms with E-state index in [9.17, 15) is 27.2 Å². The topological polar surface area (TPSA) is 74.6 Å². The van der Waals surface area contributed by atoms with E-state index in [2.05, 4.69) is 0 Å². The molecule has 2 aromatic rings. The molecule has 0 spiro atoms. The fraction of sp³-hybridized carbons (Fsp3) is 0.300. The third-order valence-electron chi connectivity index (χ3n) is 4.96. The highest BCUT2D eigenvalue weighted by molar-refractivity contribution is 5.75. The van der Waals surface area contributed by atoms with Gasteiger partial charge in [-0.15, -0.1) is 0 Å². The highest BCUT2D eigenvalue weighted by Gasteiger charge is 2.47. The Kier molecular flexibility index (Phi) is 5.40. The number of carboxylic acid groups (broad SMARTS) is 2. The standard InChI is InChI=1S/2C10H8F2O2/c2*11-7-2-1-3-8(12)9(7)5-4-6(5)10(13)14/h2*1-3,5-6H,4H2,(H,13,14). The number of hydrogen-bond donors (Lipinski definition) is 2. The van der Waals surface area contributed by atoms with Crippen LogP contribution >= 0.6 is 0 Å². The van der Waals surface area contributed by atoms with Gasteiger partial charge >= 0.3 is 11.9 Å². The monoisotopic (exact) mass is 396 g/mol. The van der Waals surface area contributed by atoms with Gasteiger partial charge in [0.1, 0.15) is 23.3 Å². The van der Waals surface area contributed by atoms with Gasteiger partial charge in [0.25, 0.3) is 0 Å². The average molecular weight is 396 g/mol. The molecule has 4 rings (SSSR count). The molecule has 28 heavy (non-hydrogen) atoms. The molecule has 8 heteroatoms. The number of rotatable bonds is 4. The van der Waals surface area contributed by atoms with Crippen molar-refractivity contribution in [3.8, 4) is 0 Å². The van der Waals surface area contributed by atoms with E-state index >= 15 is 0 Å². The van der Waals surface area contributed by atoms with E-state index in [1.807, 2.05) is 0 Å². The van der Waals surface area contributed by atoms with Crippen LogP contribution in [0.25, 0.3) is 0 Å². The van der Waals surface area contributed by atoms with Crippen LogP contribution in [0.2, 0.25) is 0 Å². The van der Waals surface area contributed by atoms with Gasteiger partial charge in [0.15, 0.2) is 0 Å². The average Bonchev–Trinajstić information content (AvgIpc) is 3.49. The molecule has 4 nitrogen and oxygen atoms in total. The van der Waals surface area contributed by atoms with Gasteiger partial charge in [-0.05, 0) is 37.1 Å². The lowest BCUT2D eigenvalue weighted by molar-refractivity contribution is -0.139. The zero-order valence-corrected chi connectivity index (χ0v) is 14.4. The summed E-state index contributed by atoms with van der Waals surface area (Å²) in [5.74, 6) is -6.82. The lowest BCUT2D eigenvalue weighted by Gasteiger charge is -2.02. The second-order valence-electron chi connectivity index (χ2n) is 6.84. The minimum absolute atomic E-state index is 0.0834. The highest BCUT2D eigenvalue weighted by atomic mass is 19.1. The first kappa shape index (κ1) is 19.9. The quantitative estimate of drug-likeness (QED) is 0.756. The molecule has 0 aromatic heterocycles. The second-order valence-corrected chi connectivity index (χ2v) is 6.84. The smallest absolute Gasteiger partial charge is 0.307 e. The van der Waals surface area contributed by atoms with Gasteiger partial charge in [0, 0.05) is 23.0 Å². The van der Waals surface area contributed by atoms with E-state index in [1.165, 1.54) is 12.1 Å². The van der Waals surface area contributed by atoms with E-state index < -0.39 is 58.9 Å². The maximum Gasteiger partial charge on any atom is 0.307 e. The summed E-state index contributed by atoms with van der Waals surface area (Å²) in [6.45, 7) is 0. The molecule has 0 heterocycles. The SMILES string of the molecule is O=C(O)C1CC1c1c(F)cccc1F.O=C(O)C1CC1c1c(F)cccc1F. The lowest BCUT2D eigenvalue weighted by atomic mass is 10.1. The molecule has 2 N–H and O–H groups in total. The van der Waals surface area contributed by atoms with Crippen LogP contribution in [0.1, 0.15) is 35.8 Å². The fourth-order valence-electron chi connectivity index (χ4n) is 3.30. The van der Waals surface area contributed by atoms with E-state index in [1.54, 1.807) is 0 Å².